The van der Waals surface area contributed by atoms with Crippen LogP contribution in [0.1, 0.15) is 42.0 Å². The molecule has 4 rings (SSSR count). The Bertz CT molecular complexity index is 769. The molecule has 0 aromatic heterocycles. The highest BCUT2D eigenvalue weighted by molar-refractivity contribution is 5.80. The third-order valence-corrected chi connectivity index (χ3v) is 4.21. The summed E-state index contributed by atoms with van der Waals surface area (Å²) in [7, 11) is 0. The molecule has 1 atom stereocenters. The second-order valence-corrected chi connectivity index (χ2v) is 5.52. The van der Waals surface area contributed by atoms with E-state index in [2.05, 4.69) is 79.7 Å². The molecule has 3 aromatic carbocycles. The first-order valence-electron chi connectivity index (χ1n) is 8.09. The zero-order chi connectivity index (χ0) is 15.5. The molecular weight excluding hydrogens is 264 g/mol. The Morgan fingerprint density at radius 1 is 0.636 bits per heavy atom. The van der Waals surface area contributed by atoms with E-state index in [9.17, 15) is 0 Å². The lowest BCUT2D eigenvalue weighted by Gasteiger charge is -2.14. The van der Waals surface area contributed by atoms with Gasteiger partial charge < -0.3 is 0 Å². The molecule has 0 heteroatoms. The van der Waals surface area contributed by atoms with Gasteiger partial charge in [0.05, 0.1) is 0 Å². The summed E-state index contributed by atoms with van der Waals surface area (Å²) < 4.78 is 0. The van der Waals surface area contributed by atoms with Crippen LogP contribution in [0.5, 0.6) is 0 Å². The molecule has 3 aromatic rings. The minimum atomic E-state index is 0.377. The van der Waals surface area contributed by atoms with E-state index in [4.69, 9.17) is 0 Å². The van der Waals surface area contributed by atoms with Gasteiger partial charge in [-0.3, -0.25) is 0 Å². The molecule has 0 amide bonds. The lowest BCUT2D eigenvalue weighted by atomic mass is 9.89. The first kappa shape index (κ1) is 14.6. The first-order chi connectivity index (χ1) is 10.8. The Kier molecular flexibility index (Phi) is 4.11. The quantitative estimate of drug-likeness (QED) is 0.392. The highest BCUT2D eigenvalue weighted by atomic mass is 14.3. The van der Waals surface area contributed by atoms with Crippen LogP contribution in [0.3, 0.4) is 0 Å². The standard InChI is InChI=1S/C20H16.C2H6/c1-14-11-12-17-16-9-5-6-10-18(16)20(19(17)13-14)15-7-3-2-4-8-15;1-2/h2-13,20H,1H3;1-2H3. The summed E-state index contributed by atoms with van der Waals surface area (Å²) in [6.07, 6.45) is 0. The largest absolute Gasteiger partial charge is 0.0683 e. The maximum absolute atomic E-state index is 2.34. The highest BCUT2D eigenvalue weighted by Gasteiger charge is 2.29. The molecule has 0 heterocycles. The molecule has 0 fully saturated rings. The number of fused-ring (bicyclic) bond motifs is 3. The van der Waals surface area contributed by atoms with Crippen molar-refractivity contribution in [2.24, 2.45) is 0 Å². The minimum Gasteiger partial charge on any atom is -0.0683 e. The summed E-state index contributed by atoms with van der Waals surface area (Å²) in [5, 5.41) is 0. The Balaban J connectivity index is 0.000000693. The Morgan fingerprint density at radius 3 is 2.05 bits per heavy atom. The second-order valence-electron chi connectivity index (χ2n) is 5.52. The molecule has 0 aliphatic heterocycles. The van der Waals surface area contributed by atoms with E-state index in [0.29, 0.717) is 5.92 Å². The highest BCUT2D eigenvalue weighted by Crippen LogP contribution is 2.47. The molecule has 0 saturated carbocycles. The van der Waals surface area contributed by atoms with Gasteiger partial charge in [0.15, 0.2) is 0 Å². The molecule has 0 N–H and O–H groups in total. The fourth-order valence-electron chi connectivity index (χ4n) is 3.33. The van der Waals surface area contributed by atoms with Gasteiger partial charge in [0, 0.05) is 5.92 Å². The lowest BCUT2D eigenvalue weighted by Crippen LogP contribution is -1.98. The molecule has 22 heavy (non-hydrogen) atoms. The van der Waals surface area contributed by atoms with E-state index >= 15 is 0 Å². The fourth-order valence-corrected chi connectivity index (χ4v) is 3.33. The van der Waals surface area contributed by atoms with Crippen LogP contribution in [-0.2, 0) is 0 Å². The number of rotatable bonds is 1. The first-order valence-corrected chi connectivity index (χ1v) is 8.09. The monoisotopic (exact) mass is 286 g/mol. The van der Waals surface area contributed by atoms with Crippen molar-refractivity contribution >= 4 is 0 Å². The Hall–Kier alpha value is -2.34. The molecule has 1 aliphatic carbocycles. The van der Waals surface area contributed by atoms with Crippen molar-refractivity contribution < 1.29 is 0 Å². The zero-order valence-corrected chi connectivity index (χ0v) is 13.5. The minimum absolute atomic E-state index is 0.377. The fraction of sp³-hybridized carbons (Fsp3) is 0.182. The lowest BCUT2D eigenvalue weighted by molar-refractivity contribution is 1.01. The van der Waals surface area contributed by atoms with E-state index in [0.717, 1.165) is 0 Å². The van der Waals surface area contributed by atoms with Crippen molar-refractivity contribution in [3.05, 3.63) is 95.1 Å². The van der Waals surface area contributed by atoms with Crippen LogP contribution in [0, 0.1) is 6.92 Å². The van der Waals surface area contributed by atoms with Crippen molar-refractivity contribution in [3.8, 4) is 11.1 Å². The van der Waals surface area contributed by atoms with Crippen LogP contribution in [-0.4, -0.2) is 0 Å². The normalized spacial score (nSPS) is 14.6. The molecule has 110 valence electrons. The van der Waals surface area contributed by atoms with Gasteiger partial charge in [-0.25, -0.2) is 0 Å². The third kappa shape index (κ3) is 2.35. The van der Waals surface area contributed by atoms with E-state index in [1.54, 1.807) is 0 Å². The van der Waals surface area contributed by atoms with Crippen molar-refractivity contribution in [2.45, 2.75) is 26.7 Å². The summed E-state index contributed by atoms with van der Waals surface area (Å²) in [6, 6.07) is 26.4. The Labute approximate surface area is 133 Å². The number of hydrogen-bond donors (Lipinski definition) is 0. The van der Waals surface area contributed by atoms with Crippen molar-refractivity contribution in [3.63, 3.8) is 0 Å². The van der Waals surface area contributed by atoms with Crippen molar-refractivity contribution in [1.82, 2.24) is 0 Å². The van der Waals surface area contributed by atoms with Gasteiger partial charge in [-0.2, -0.15) is 0 Å². The number of benzene rings is 3. The van der Waals surface area contributed by atoms with Crippen LogP contribution in [0.2, 0.25) is 0 Å². The van der Waals surface area contributed by atoms with Gasteiger partial charge >= 0.3 is 0 Å². The van der Waals surface area contributed by atoms with Crippen molar-refractivity contribution in [1.29, 1.82) is 0 Å². The van der Waals surface area contributed by atoms with Crippen LogP contribution >= 0.6 is 0 Å². The van der Waals surface area contributed by atoms with Crippen LogP contribution in [0.15, 0.2) is 72.8 Å². The summed E-state index contributed by atoms with van der Waals surface area (Å²) in [5.41, 5.74) is 8.36. The topological polar surface area (TPSA) is 0 Å². The summed E-state index contributed by atoms with van der Waals surface area (Å²) in [6.45, 7) is 6.17. The van der Waals surface area contributed by atoms with Crippen LogP contribution in [0.4, 0.5) is 0 Å². The molecule has 0 radical (unpaired) electrons. The third-order valence-electron chi connectivity index (χ3n) is 4.21. The molecule has 0 spiro atoms. The molecule has 0 nitrogen and oxygen atoms in total. The average Bonchev–Trinajstić information content (AvgIpc) is 2.91. The van der Waals surface area contributed by atoms with Crippen LogP contribution in [0.25, 0.3) is 11.1 Å². The van der Waals surface area contributed by atoms with Crippen molar-refractivity contribution in [2.75, 3.05) is 0 Å². The zero-order valence-electron chi connectivity index (χ0n) is 13.5. The van der Waals surface area contributed by atoms with E-state index in [1.165, 1.54) is 33.4 Å². The van der Waals surface area contributed by atoms with Gasteiger partial charge in [0.1, 0.15) is 0 Å². The summed E-state index contributed by atoms with van der Waals surface area (Å²) >= 11 is 0. The van der Waals surface area contributed by atoms with Crippen LogP contribution < -0.4 is 0 Å². The number of aryl methyl sites for hydroxylation is 1. The van der Waals surface area contributed by atoms with E-state index < -0.39 is 0 Å². The van der Waals surface area contributed by atoms with Gasteiger partial charge in [-0.05, 0) is 34.7 Å². The predicted octanol–water partition coefficient (Wildman–Crippen LogP) is 6.18. The van der Waals surface area contributed by atoms with Gasteiger partial charge in [0.25, 0.3) is 0 Å². The SMILES string of the molecule is CC.Cc1ccc2c(c1)C(c1ccccc1)c1ccccc1-2. The van der Waals surface area contributed by atoms with Gasteiger partial charge in [-0.15, -0.1) is 0 Å². The molecular formula is C22H22. The van der Waals surface area contributed by atoms with E-state index in [1.807, 2.05) is 13.8 Å². The maximum atomic E-state index is 2.34. The average molecular weight is 286 g/mol. The van der Waals surface area contributed by atoms with Gasteiger partial charge in [-0.1, -0.05) is 92.2 Å². The molecule has 0 bridgehead atoms. The second kappa shape index (κ2) is 6.19. The number of hydrogen-bond acceptors (Lipinski definition) is 0. The summed E-state index contributed by atoms with van der Waals surface area (Å²) in [4.78, 5) is 0. The van der Waals surface area contributed by atoms with E-state index in [-0.39, 0.29) is 0 Å². The molecule has 1 unspecified atom stereocenters. The van der Waals surface area contributed by atoms with Gasteiger partial charge in [0.2, 0.25) is 0 Å². The predicted molar refractivity (Wildman–Crippen MR) is 95.4 cm³/mol. The molecule has 1 aliphatic rings. The smallest absolute Gasteiger partial charge is 0.0352 e. The maximum Gasteiger partial charge on any atom is 0.0352 e. The summed E-state index contributed by atoms with van der Waals surface area (Å²) in [5.74, 6) is 0.377. The molecule has 0 saturated heterocycles. The Morgan fingerprint density at radius 2 is 1.27 bits per heavy atom.